The first-order valence-corrected chi connectivity index (χ1v) is 7.33. The first kappa shape index (κ1) is 15.9. The van der Waals surface area contributed by atoms with Crippen LogP contribution in [0.5, 0.6) is 0 Å². The number of amides is 1. The summed E-state index contributed by atoms with van der Waals surface area (Å²) in [6.07, 6.45) is 2.60. The molecule has 1 unspecified atom stereocenters. The maximum absolute atomic E-state index is 12.8. The monoisotopic (exact) mass is 301 g/mol. The van der Waals surface area contributed by atoms with Crippen molar-refractivity contribution in [3.8, 4) is 0 Å². The fourth-order valence-electron chi connectivity index (χ4n) is 1.91. The molecule has 1 aromatic carbocycles. The maximum atomic E-state index is 12.8. The number of aromatic nitrogens is 1. The third-order valence-corrected chi connectivity index (χ3v) is 3.38. The Kier molecular flexibility index (Phi) is 5.47. The van der Waals surface area contributed by atoms with Gasteiger partial charge in [0.2, 0.25) is 0 Å². The van der Waals surface area contributed by atoms with Gasteiger partial charge in [-0.05, 0) is 43.2 Å². The number of nitrogens with one attached hydrogen (secondary N) is 2. The van der Waals surface area contributed by atoms with Crippen molar-refractivity contribution in [3.63, 3.8) is 0 Å². The van der Waals surface area contributed by atoms with Crippen molar-refractivity contribution >= 4 is 11.6 Å². The lowest BCUT2D eigenvalue weighted by atomic mass is 10.2. The average Bonchev–Trinajstić information content (AvgIpc) is 2.54. The van der Waals surface area contributed by atoms with Gasteiger partial charge in [0.05, 0.1) is 0 Å². The van der Waals surface area contributed by atoms with Crippen LogP contribution in [0, 0.1) is 5.82 Å². The number of rotatable bonds is 6. The third-order valence-electron chi connectivity index (χ3n) is 3.38. The molecule has 0 saturated heterocycles. The van der Waals surface area contributed by atoms with E-state index in [1.165, 1.54) is 12.1 Å². The van der Waals surface area contributed by atoms with Gasteiger partial charge in [0.15, 0.2) is 0 Å². The zero-order valence-corrected chi connectivity index (χ0v) is 12.8. The van der Waals surface area contributed by atoms with Crippen molar-refractivity contribution in [2.45, 2.75) is 32.9 Å². The quantitative estimate of drug-likeness (QED) is 0.860. The molecule has 0 aliphatic rings. The number of hydrogen-bond donors (Lipinski definition) is 2. The molecular weight excluding hydrogens is 281 g/mol. The van der Waals surface area contributed by atoms with Crippen molar-refractivity contribution in [2.24, 2.45) is 0 Å². The standard InChI is InChI=1S/C17H20FN3O/c1-3-12(2)21-15-8-9-19-16(10-15)17(22)20-11-13-4-6-14(18)7-5-13/h4-10,12H,3,11H2,1-2H3,(H,19,21)(H,20,22). The topological polar surface area (TPSA) is 54.0 Å². The molecule has 0 spiro atoms. The van der Waals surface area contributed by atoms with Crippen LogP contribution in [0.4, 0.5) is 10.1 Å². The van der Waals surface area contributed by atoms with E-state index in [1.54, 1.807) is 24.4 Å². The van der Waals surface area contributed by atoms with Gasteiger partial charge >= 0.3 is 0 Å². The molecule has 2 N–H and O–H groups in total. The van der Waals surface area contributed by atoms with E-state index in [9.17, 15) is 9.18 Å². The zero-order chi connectivity index (χ0) is 15.9. The van der Waals surface area contributed by atoms with Crippen LogP contribution >= 0.6 is 0 Å². The highest BCUT2D eigenvalue weighted by atomic mass is 19.1. The van der Waals surface area contributed by atoms with Crippen molar-refractivity contribution in [3.05, 3.63) is 59.7 Å². The molecule has 4 nitrogen and oxygen atoms in total. The first-order chi connectivity index (χ1) is 10.6. The molecule has 5 heteroatoms. The summed E-state index contributed by atoms with van der Waals surface area (Å²) in [4.78, 5) is 16.2. The van der Waals surface area contributed by atoms with Crippen LogP contribution in [0.3, 0.4) is 0 Å². The highest BCUT2D eigenvalue weighted by molar-refractivity contribution is 5.93. The summed E-state index contributed by atoms with van der Waals surface area (Å²) in [6, 6.07) is 9.92. The molecule has 22 heavy (non-hydrogen) atoms. The summed E-state index contributed by atoms with van der Waals surface area (Å²) in [5, 5.41) is 6.08. The fourth-order valence-corrected chi connectivity index (χ4v) is 1.91. The number of nitrogens with zero attached hydrogens (tertiary/aromatic N) is 1. The van der Waals surface area contributed by atoms with Gasteiger partial charge < -0.3 is 10.6 Å². The number of carbonyl (C=O) groups is 1. The molecule has 0 bridgehead atoms. The van der Waals surface area contributed by atoms with Crippen LogP contribution in [0.2, 0.25) is 0 Å². The van der Waals surface area contributed by atoms with E-state index in [1.807, 2.05) is 6.07 Å². The lowest BCUT2D eigenvalue weighted by Crippen LogP contribution is -2.24. The third kappa shape index (κ3) is 4.55. The second-order valence-electron chi connectivity index (χ2n) is 5.19. The lowest BCUT2D eigenvalue weighted by Gasteiger charge is -2.13. The highest BCUT2D eigenvalue weighted by Crippen LogP contribution is 2.11. The fraction of sp³-hybridized carbons (Fsp3) is 0.294. The number of anilines is 1. The molecular formula is C17H20FN3O. The average molecular weight is 301 g/mol. The van der Waals surface area contributed by atoms with Gasteiger partial charge in [-0.25, -0.2) is 4.39 Å². The van der Waals surface area contributed by atoms with E-state index >= 15 is 0 Å². The van der Waals surface area contributed by atoms with Crippen LogP contribution in [-0.2, 0) is 6.54 Å². The van der Waals surface area contributed by atoms with Crippen molar-refractivity contribution in [2.75, 3.05) is 5.32 Å². The van der Waals surface area contributed by atoms with Gasteiger partial charge in [0.25, 0.3) is 5.91 Å². The first-order valence-electron chi connectivity index (χ1n) is 7.33. The van der Waals surface area contributed by atoms with Gasteiger partial charge in [0, 0.05) is 24.5 Å². The second-order valence-corrected chi connectivity index (χ2v) is 5.19. The van der Waals surface area contributed by atoms with Crippen molar-refractivity contribution in [1.82, 2.24) is 10.3 Å². The Morgan fingerprint density at radius 3 is 2.68 bits per heavy atom. The number of halogens is 1. The van der Waals surface area contributed by atoms with Crippen molar-refractivity contribution < 1.29 is 9.18 Å². The van der Waals surface area contributed by atoms with Crippen LogP contribution in [0.25, 0.3) is 0 Å². The Balaban J connectivity index is 1.97. The number of hydrogen-bond acceptors (Lipinski definition) is 3. The summed E-state index contributed by atoms with van der Waals surface area (Å²) >= 11 is 0. The van der Waals surface area contributed by atoms with E-state index in [0.717, 1.165) is 17.7 Å². The SMILES string of the molecule is CCC(C)Nc1ccnc(C(=O)NCc2ccc(F)cc2)c1. The molecule has 0 aliphatic carbocycles. The number of carbonyl (C=O) groups excluding carboxylic acids is 1. The molecule has 1 aromatic heterocycles. The summed E-state index contributed by atoms with van der Waals surface area (Å²) in [7, 11) is 0. The predicted molar refractivity (Wildman–Crippen MR) is 85.2 cm³/mol. The molecule has 116 valence electrons. The second kappa shape index (κ2) is 7.54. The summed E-state index contributed by atoms with van der Waals surface area (Å²) in [5.41, 5.74) is 2.07. The number of benzene rings is 1. The largest absolute Gasteiger partial charge is 0.382 e. The zero-order valence-electron chi connectivity index (χ0n) is 12.8. The lowest BCUT2D eigenvalue weighted by molar-refractivity contribution is 0.0946. The predicted octanol–water partition coefficient (Wildman–Crippen LogP) is 3.36. The summed E-state index contributed by atoms with van der Waals surface area (Å²) in [6.45, 7) is 4.51. The van der Waals surface area contributed by atoms with E-state index < -0.39 is 0 Å². The minimum atomic E-state index is -0.291. The Hall–Kier alpha value is -2.43. The van der Waals surface area contributed by atoms with Gasteiger partial charge in [-0.3, -0.25) is 9.78 Å². The normalized spacial score (nSPS) is 11.8. The molecule has 0 saturated carbocycles. The van der Waals surface area contributed by atoms with E-state index in [-0.39, 0.29) is 11.7 Å². The van der Waals surface area contributed by atoms with Crippen LogP contribution in [0.15, 0.2) is 42.6 Å². The van der Waals surface area contributed by atoms with Gasteiger partial charge in [-0.1, -0.05) is 19.1 Å². The van der Waals surface area contributed by atoms with E-state index in [2.05, 4.69) is 29.5 Å². The van der Waals surface area contributed by atoms with Gasteiger partial charge in [0.1, 0.15) is 11.5 Å². The molecule has 1 amide bonds. The van der Waals surface area contributed by atoms with Crippen LogP contribution in [0.1, 0.15) is 36.3 Å². The molecule has 0 radical (unpaired) electrons. The molecule has 1 atom stereocenters. The van der Waals surface area contributed by atoms with E-state index in [4.69, 9.17) is 0 Å². The maximum Gasteiger partial charge on any atom is 0.270 e. The summed E-state index contributed by atoms with van der Waals surface area (Å²) in [5.74, 6) is -0.544. The van der Waals surface area contributed by atoms with E-state index in [0.29, 0.717) is 18.3 Å². The number of pyridine rings is 1. The van der Waals surface area contributed by atoms with Crippen molar-refractivity contribution in [1.29, 1.82) is 0 Å². The Labute approximate surface area is 129 Å². The summed E-state index contributed by atoms with van der Waals surface area (Å²) < 4.78 is 12.8. The van der Waals surface area contributed by atoms with Crippen LogP contribution in [-0.4, -0.2) is 16.9 Å². The Bertz CT molecular complexity index is 628. The van der Waals surface area contributed by atoms with Gasteiger partial charge in [-0.15, -0.1) is 0 Å². The Morgan fingerprint density at radius 1 is 1.27 bits per heavy atom. The molecule has 0 aliphatic heterocycles. The smallest absolute Gasteiger partial charge is 0.270 e. The minimum Gasteiger partial charge on any atom is -0.382 e. The minimum absolute atomic E-state index is 0.253. The molecule has 2 aromatic rings. The highest BCUT2D eigenvalue weighted by Gasteiger charge is 2.08. The molecule has 2 rings (SSSR count). The van der Waals surface area contributed by atoms with Gasteiger partial charge in [-0.2, -0.15) is 0 Å². The molecule has 0 fully saturated rings. The van der Waals surface area contributed by atoms with Crippen LogP contribution < -0.4 is 10.6 Å². The Morgan fingerprint density at radius 2 is 2.00 bits per heavy atom. The molecule has 1 heterocycles.